The molecule has 1 atom stereocenters. The molecule has 0 aliphatic heterocycles. The van der Waals surface area contributed by atoms with E-state index in [2.05, 4.69) is 13.8 Å². The third-order valence-corrected chi connectivity index (χ3v) is 2.17. The summed E-state index contributed by atoms with van der Waals surface area (Å²) in [6.45, 7) is 4.81. The second kappa shape index (κ2) is 8.06. The zero-order chi connectivity index (χ0) is 8.53. The monoisotopic (exact) mass is 158 g/mol. The van der Waals surface area contributed by atoms with Gasteiger partial charge in [-0.2, -0.15) is 0 Å². The predicted octanol–water partition coefficient (Wildman–Crippen LogP) is 2.98. The van der Waals surface area contributed by atoms with Crippen LogP contribution in [-0.2, 0) is 0 Å². The highest BCUT2D eigenvalue weighted by Crippen LogP contribution is 2.12. The van der Waals surface area contributed by atoms with E-state index in [1.165, 1.54) is 32.1 Å². The van der Waals surface area contributed by atoms with E-state index >= 15 is 0 Å². The summed E-state index contributed by atoms with van der Waals surface area (Å²) in [6, 6.07) is 0. The fourth-order valence-corrected chi connectivity index (χ4v) is 1.28. The third kappa shape index (κ3) is 7.86. The topological polar surface area (TPSA) is 20.2 Å². The molecule has 1 nitrogen and oxygen atoms in total. The fourth-order valence-electron chi connectivity index (χ4n) is 1.28. The van der Waals surface area contributed by atoms with Crippen molar-refractivity contribution in [3.63, 3.8) is 0 Å². The van der Waals surface area contributed by atoms with Gasteiger partial charge in [-0.05, 0) is 12.3 Å². The van der Waals surface area contributed by atoms with Gasteiger partial charge in [-0.15, -0.1) is 0 Å². The molecule has 0 saturated carbocycles. The molecule has 0 rings (SSSR count). The minimum absolute atomic E-state index is 0.356. The molecule has 0 aliphatic carbocycles. The summed E-state index contributed by atoms with van der Waals surface area (Å²) in [5, 5.41) is 8.64. The van der Waals surface area contributed by atoms with Gasteiger partial charge in [0.25, 0.3) is 0 Å². The minimum atomic E-state index is 0.356. The van der Waals surface area contributed by atoms with E-state index in [0.29, 0.717) is 6.61 Å². The molecule has 0 saturated heterocycles. The molecule has 0 bridgehead atoms. The maximum atomic E-state index is 8.64. The number of unbranched alkanes of at least 4 members (excludes halogenated alkanes) is 3. The number of rotatable bonds is 7. The molecule has 0 aliphatic rings. The fraction of sp³-hybridized carbons (Fsp3) is 1.00. The Balaban J connectivity index is 2.97. The molecule has 0 aromatic carbocycles. The summed E-state index contributed by atoms with van der Waals surface area (Å²) < 4.78 is 0. The van der Waals surface area contributed by atoms with Gasteiger partial charge in [0.15, 0.2) is 0 Å². The van der Waals surface area contributed by atoms with Gasteiger partial charge < -0.3 is 5.11 Å². The standard InChI is InChI=1S/C10H22O/c1-3-4-5-6-7-10(2)8-9-11/h10-11H,3-9H2,1-2H3/t10-/m1/s1. The van der Waals surface area contributed by atoms with E-state index in [-0.39, 0.29) is 0 Å². The molecular weight excluding hydrogens is 136 g/mol. The van der Waals surface area contributed by atoms with Crippen LogP contribution in [0.2, 0.25) is 0 Å². The average Bonchev–Trinajstić information content (AvgIpc) is 1.99. The van der Waals surface area contributed by atoms with Crippen LogP contribution in [0.4, 0.5) is 0 Å². The van der Waals surface area contributed by atoms with Crippen LogP contribution in [0.3, 0.4) is 0 Å². The molecule has 1 heteroatoms. The van der Waals surface area contributed by atoms with Crippen LogP contribution in [0.15, 0.2) is 0 Å². The Morgan fingerprint density at radius 2 is 1.82 bits per heavy atom. The van der Waals surface area contributed by atoms with E-state index in [9.17, 15) is 0 Å². The SMILES string of the molecule is CCCCCC[C@@H](C)CCO. The van der Waals surface area contributed by atoms with Crippen molar-refractivity contribution in [1.29, 1.82) is 0 Å². The lowest BCUT2D eigenvalue weighted by molar-refractivity contribution is 0.256. The van der Waals surface area contributed by atoms with Crippen molar-refractivity contribution < 1.29 is 5.11 Å². The molecular formula is C10H22O. The smallest absolute Gasteiger partial charge is 0.0433 e. The Morgan fingerprint density at radius 3 is 2.36 bits per heavy atom. The van der Waals surface area contributed by atoms with Gasteiger partial charge in [0.05, 0.1) is 0 Å². The van der Waals surface area contributed by atoms with Crippen molar-refractivity contribution in [3.8, 4) is 0 Å². The zero-order valence-electron chi connectivity index (χ0n) is 7.97. The van der Waals surface area contributed by atoms with Gasteiger partial charge >= 0.3 is 0 Å². The molecule has 0 aromatic rings. The Bertz CT molecular complexity index is 71.3. The molecule has 0 unspecified atom stereocenters. The molecule has 0 spiro atoms. The number of hydrogen-bond acceptors (Lipinski definition) is 1. The lowest BCUT2D eigenvalue weighted by atomic mass is 10.00. The first kappa shape index (κ1) is 11.0. The first-order valence-electron chi connectivity index (χ1n) is 4.92. The van der Waals surface area contributed by atoms with E-state index in [1.807, 2.05) is 0 Å². The van der Waals surface area contributed by atoms with Gasteiger partial charge in [0.2, 0.25) is 0 Å². The van der Waals surface area contributed by atoms with Crippen molar-refractivity contribution in [2.75, 3.05) is 6.61 Å². The maximum absolute atomic E-state index is 8.64. The molecule has 0 radical (unpaired) electrons. The number of hydrogen-bond donors (Lipinski definition) is 1. The average molecular weight is 158 g/mol. The zero-order valence-corrected chi connectivity index (χ0v) is 7.97. The van der Waals surface area contributed by atoms with Gasteiger partial charge in [-0.1, -0.05) is 46.0 Å². The van der Waals surface area contributed by atoms with Crippen LogP contribution in [-0.4, -0.2) is 11.7 Å². The van der Waals surface area contributed by atoms with E-state index in [0.717, 1.165) is 12.3 Å². The molecule has 1 N–H and O–H groups in total. The van der Waals surface area contributed by atoms with Crippen LogP contribution in [0.25, 0.3) is 0 Å². The summed E-state index contributed by atoms with van der Waals surface area (Å²) in [5.74, 6) is 0.719. The lowest BCUT2D eigenvalue weighted by Crippen LogP contribution is -1.97. The third-order valence-electron chi connectivity index (χ3n) is 2.17. The number of aliphatic hydroxyl groups is 1. The quantitative estimate of drug-likeness (QED) is 0.565. The van der Waals surface area contributed by atoms with Gasteiger partial charge in [-0.25, -0.2) is 0 Å². The lowest BCUT2D eigenvalue weighted by Gasteiger charge is -2.07. The second-order valence-corrected chi connectivity index (χ2v) is 3.47. The summed E-state index contributed by atoms with van der Waals surface area (Å²) in [6.07, 6.45) is 7.66. The maximum Gasteiger partial charge on any atom is 0.0433 e. The first-order valence-corrected chi connectivity index (χ1v) is 4.92. The van der Waals surface area contributed by atoms with Gasteiger partial charge in [0, 0.05) is 6.61 Å². The van der Waals surface area contributed by atoms with Crippen LogP contribution in [0.1, 0.15) is 52.4 Å². The Labute approximate surface area is 70.8 Å². The minimum Gasteiger partial charge on any atom is -0.396 e. The molecule has 68 valence electrons. The van der Waals surface area contributed by atoms with Gasteiger partial charge in [0.1, 0.15) is 0 Å². The van der Waals surface area contributed by atoms with Crippen molar-refractivity contribution >= 4 is 0 Å². The molecule has 0 aromatic heterocycles. The molecule has 0 fully saturated rings. The van der Waals surface area contributed by atoms with E-state index in [1.54, 1.807) is 0 Å². The molecule has 0 amide bonds. The van der Waals surface area contributed by atoms with Crippen LogP contribution >= 0.6 is 0 Å². The first-order chi connectivity index (χ1) is 5.31. The van der Waals surface area contributed by atoms with E-state index < -0.39 is 0 Å². The highest BCUT2D eigenvalue weighted by molar-refractivity contribution is 4.52. The molecule has 11 heavy (non-hydrogen) atoms. The summed E-state index contributed by atoms with van der Waals surface area (Å²) in [4.78, 5) is 0. The summed E-state index contributed by atoms with van der Waals surface area (Å²) >= 11 is 0. The van der Waals surface area contributed by atoms with Crippen LogP contribution in [0, 0.1) is 5.92 Å². The van der Waals surface area contributed by atoms with Crippen molar-refractivity contribution in [3.05, 3.63) is 0 Å². The highest BCUT2D eigenvalue weighted by atomic mass is 16.2. The summed E-state index contributed by atoms with van der Waals surface area (Å²) in [5.41, 5.74) is 0. The Hall–Kier alpha value is -0.0400. The summed E-state index contributed by atoms with van der Waals surface area (Å²) in [7, 11) is 0. The molecule has 0 heterocycles. The largest absolute Gasteiger partial charge is 0.396 e. The normalized spacial score (nSPS) is 13.4. The van der Waals surface area contributed by atoms with Crippen LogP contribution < -0.4 is 0 Å². The van der Waals surface area contributed by atoms with Crippen molar-refractivity contribution in [2.45, 2.75) is 52.4 Å². The Morgan fingerprint density at radius 1 is 1.09 bits per heavy atom. The predicted molar refractivity (Wildman–Crippen MR) is 49.6 cm³/mol. The second-order valence-electron chi connectivity index (χ2n) is 3.47. The van der Waals surface area contributed by atoms with E-state index in [4.69, 9.17) is 5.11 Å². The highest BCUT2D eigenvalue weighted by Gasteiger charge is 1.99. The van der Waals surface area contributed by atoms with Gasteiger partial charge in [-0.3, -0.25) is 0 Å². The van der Waals surface area contributed by atoms with Crippen molar-refractivity contribution in [2.24, 2.45) is 5.92 Å². The number of aliphatic hydroxyl groups excluding tert-OH is 1. The Kier molecular flexibility index (Phi) is 8.03. The van der Waals surface area contributed by atoms with Crippen molar-refractivity contribution in [1.82, 2.24) is 0 Å². The van der Waals surface area contributed by atoms with Crippen LogP contribution in [0.5, 0.6) is 0 Å².